The van der Waals surface area contributed by atoms with Crippen LogP contribution in [0.2, 0.25) is 0 Å². The minimum Gasteiger partial charge on any atom is -0.494 e. The molecular formula is C8H8BrNO3. The quantitative estimate of drug-likeness (QED) is 0.877. The van der Waals surface area contributed by atoms with Crippen molar-refractivity contribution in [1.29, 1.82) is 0 Å². The zero-order chi connectivity index (χ0) is 9.84. The molecule has 1 N–H and O–H groups in total. The van der Waals surface area contributed by atoms with Gasteiger partial charge < -0.3 is 9.84 Å². The topological polar surface area (TPSA) is 59.4 Å². The molecule has 0 aromatic carbocycles. The van der Waals surface area contributed by atoms with Crippen LogP contribution < -0.4 is 4.74 Å². The Kier molecular flexibility index (Phi) is 3.25. The van der Waals surface area contributed by atoms with E-state index in [0.29, 0.717) is 15.9 Å². The molecule has 70 valence electrons. The summed E-state index contributed by atoms with van der Waals surface area (Å²) < 4.78 is 5.71. The second-order valence-corrected chi connectivity index (χ2v) is 3.20. The van der Waals surface area contributed by atoms with Gasteiger partial charge in [0.25, 0.3) is 0 Å². The van der Waals surface area contributed by atoms with Crippen LogP contribution >= 0.6 is 15.9 Å². The SMILES string of the molecule is COc1c(Br)ccnc1CC(=O)O. The molecule has 0 aliphatic carbocycles. The number of carboxylic acid groups (broad SMARTS) is 1. The number of nitrogens with zero attached hydrogens (tertiary/aromatic N) is 1. The van der Waals surface area contributed by atoms with Crippen LogP contribution in [0.15, 0.2) is 16.7 Å². The van der Waals surface area contributed by atoms with Crippen molar-refractivity contribution in [2.45, 2.75) is 6.42 Å². The van der Waals surface area contributed by atoms with Crippen molar-refractivity contribution in [2.75, 3.05) is 7.11 Å². The van der Waals surface area contributed by atoms with Crippen molar-refractivity contribution < 1.29 is 14.6 Å². The average Bonchev–Trinajstić information content (AvgIpc) is 2.03. The van der Waals surface area contributed by atoms with E-state index in [2.05, 4.69) is 20.9 Å². The van der Waals surface area contributed by atoms with Crippen LogP contribution in [0, 0.1) is 0 Å². The highest BCUT2D eigenvalue weighted by atomic mass is 79.9. The van der Waals surface area contributed by atoms with Crippen molar-refractivity contribution in [2.24, 2.45) is 0 Å². The first-order chi connectivity index (χ1) is 6.15. The molecule has 0 aliphatic rings. The van der Waals surface area contributed by atoms with E-state index in [1.165, 1.54) is 13.3 Å². The van der Waals surface area contributed by atoms with E-state index >= 15 is 0 Å². The molecule has 4 nitrogen and oxygen atoms in total. The third-order valence-corrected chi connectivity index (χ3v) is 2.08. The highest BCUT2D eigenvalue weighted by Gasteiger charge is 2.11. The van der Waals surface area contributed by atoms with Gasteiger partial charge in [-0.25, -0.2) is 0 Å². The Morgan fingerprint density at radius 2 is 2.46 bits per heavy atom. The van der Waals surface area contributed by atoms with Crippen LogP contribution in [0.4, 0.5) is 0 Å². The summed E-state index contributed by atoms with van der Waals surface area (Å²) >= 11 is 3.24. The average molecular weight is 246 g/mol. The molecule has 1 aromatic rings. The van der Waals surface area contributed by atoms with Gasteiger partial charge >= 0.3 is 5.97 Å². The third-order valence-electron chi connectivity index (χ3n) is 1.45. The summed E-state index contributed by atoms with van der Waals surface area (Å²) in [6, 6.07) is 1.70. The number of hydrogen-bond donors (Lipinski definition) is 1. The van der Waals surface area contributed by atoms with E-state index in [1.54, 1.807) is 6.07 Å². The van der Waals surface area contributed by atoms with E-state index in [-0.39, 0.29) is 6.42 Å². The molecule has 13 heavy (non-hydrogen) atoms. The first-order valence-electron chi connectivity index (χ1n) is 3.54. The van der Waals surface area contributed by atoms with Crippen molar-refractivity contribution in [1.82, 2.24) is 4.98 Å². The van der Waals surface area contributed by atoms with Crippen LogP contribution in [0.1, 0.15) is 5.69 Å². The minimum atomic E-state index is -0.927. The molecular weight excluding hydrogens is 238 g/mol. The second kappa shape index (κ2) is 4.23. The Labute approximate surface area is 83.7 Å². The van der Waals surface area contributed by atoms with E-state index in [0.717, 1.165) is 0 Å². The monoisotopic (exact) mass is 245 g/mol. The molecule has 0 saturated heterocycles. The van der Waals surface area contributed by atoms with Gasteiger partial charge in [-0.15, -0.1) is 0 Å². The fourth-order valence-corrected chi connectivity index (χ4v) is 1.46. The molecule has 1 rings (SSSR count). The van der Waals surface area contributed by atoms with Gasteiger partial charge in [-0.1, -0.05) is 0 Å². The van der Waals surface area contributed by atoms with Crippen LogP contribution in [-0.4, -0.2) is 23.2 Å². The third kappa shape index (κ3) is 2.42. The molecule has 0 radical (unpaired) electrons. The van der Waals surface area contributed by atoms with Gasteiger partial charge in [0.05, 0.1) is 23.7 Å². The van der Waals surface area contributed by atoms with Gasteiger partial charge in [0.1, 0.15) is 0 Å². The van der Waals surface area contributed by atoms with Gasteiger partial charge in [0, 0.05) is 6.20 Å². The lowest BCUT2D eigenvalue weighted by atomic mass is 10.2. The van der Waals surface area contributed by atoms with Gasteiger partial charge in [0.2, 0.25) is 0 Å². The van der Waals surface area contributed by atoms with Gasteiger partial charge in [-0.05, 0) is 22.0 Å². The number of aliphatic carboxylic acids is 1. The lowest BCUT2D eigenvalue weighted by Gasteiger charge is -2.06. The summed E-state index contributed by atoms with van der Waals surface area (Å²) in [5.41, 5.74) is 0.421. The Hall–Kier alpha value is -1.10. The smallest absolute Gasteiger partial charge is 0.309 e. The molecule has 1 heterocycles. The molecule has 0 saturated carbocycles. The van der Waals surface area contributed by atoms with E-state index in [9.17, 15) is 4.79 Å². The predicted molar refractivity (Wildman–Crippen MR) is 49.8 cm³/mol. The summed E-state index contributed by atoms with van der Waals surface area (Å²) in [7, 11) is 1.48. The van der Waals surface area contributed by atoms with Crippen molar-refractivity contribution >= 4 is 21.9 Å². The van der Waals surface area contributed by atoms with Crippen molar-refractivity contribution in [3.63, 3.8) is 0 Å². The molecule has 0 spiro atoms. The maximum Gasteiger partial charge on any atom is 0.309 e. The first kappa shape index (κ1) is 9.98. The highest BCUT2D eigenvalue weighted by molar-refractivity contribution is 9.10. The number of carbonyl (C=O) groups is 1. The van der Waals surface area contributed by atoms with E-state index in [4.69, 9.17) is 9.84 Å². The molecule has 0 bridgehead atoms. The van der Waals surface area contributed by atoms with Gasteiger partial charge in [-0.3, -0.25) is 9.78 Å². The number of rotatable bonds is 3. The molecule has 0 aliphatic heterocycles. The first-order valence-corrected chi connectivity index (χ1v) is 4.33. The maximum absolute atomic E-state index is 10.4. The summed E-state index contributed by atoms with van der Waals surface area (Å²) in [5, 5.41) is 8.57. The lowest BCUT2D eigenvalue weighted by Crippen LogP contribution is -2.04. The number of pyridine rings is 1. The zero-order valence-corrected chi connectivity index (χ0v) is 8.54. The molecule has 1 aromatic heterocycles. The molecule has 0 unspecified atom stereocenters. The fourth-order valence-electron chi connectivity index (χ4n) is 0.949. The number of aromatic nitrogens is 1. The lowest BCUT2D eigenvalue weighted by molar-refractivity contribution is -0.136. The Balaban J connectivity index is 3.05. The summed E-state index contributed by atoms with van der Waals surface area (Å²) in [6.45, 7) is 0. The predicted octanol–water partition coefficient (Wildman–Crippen LogP) is 1.48. The van der Waals surface area contributed by atoms with Crippen LogP contribution in [0.3, 0.4) is 0 Å². The number of hydrogen-bond acceptors (Lipinski definition) is 3. The van der Waals surface area contributed by atoms with E-state index in [1.807, 2.05) is 0 Å². The summed E-state index contributed by atoms with van der Waals surface area (Å²) in [5.74, 6) is -0.450. The molecule has 5 heteroatoms. The maximum atomic E-state index is 10.4. The van der Waals surface area contributed by atoms with Crippen molar-refractivity contribution in [3.8, 4) is 5.75 Å². The molecule has 0 atom stereocenters. The summed E-state index contributed by atoms with van der Waals surface area (Å²) in [4.78, 5) is 14.4. The second-order valence-electron chi connectivity index (χ2n) is 2.34. The highest BCUT2D eigenvalue weighted by Crippen LogP contribution is 2.27. The van der Waals surface area contributed by atoms with Gasteiger partial charge in [0.15, 0.2) is 5.75 Å². The normalized spacial score (nSPS) is 9.69. The number of ether oxygens (including phenoxy) is 1. The van der Waals surface area contributed by atoms with Crippen LogP contribution in [0.5, 0.6) is 5.75 Å². The summed E-state index contributed by atoms with van der Waals surface area (Å²) in [6.07, 6.45) is 1.40. The molecule has 0 fully saturated rings. The zero-order valence-electron chi connectivity index (χ0n) is 6.95. The van der Waals surface area contributed by atoms with Crippen LogP contribution in [0.25, 0.3) is 0 Å². The molecule has 0 amide bonds. The fraction of sp³-hybridized carbons (Fsp3) is 0.250. The standard InChI is InChI=1S/C8H8BrNO3/c1-13-8-5(9)2-3-10-6(8)4-7(11)12/h2-3H,4H2,1H3,(H,11,12). The Morgan fingerprint density at radius 3 is 3.00 bits per heavy atom. The minimum absolute atomic E-state index is 0.136. The largest absolute Gasteiger partial charge is 0.494 e. The Morgan fingerprint density at radius 1 is 1.77 bits per heavy atom. The van der Waals surface area contributed by atoms with Gasteiger partial charge in [-0.2, -0.15) is 0 Å². The van der Waals surface area contributed by atoms with Crippen molar-refractivity contribution in [3.05, 3.63) is 22.4 Å². The Bertz CT molecular complexity index is 327. The number of carboxylic acids is 1. The number of halogens is 1. The van der Waals surface area contributed by atoms with Crippen LogP contribution in [-0.2, 0) is 11.2 Å². The number of methoxy groups -OCH3 is 1. The van der Waals surface area contributed by atoms with E-state index < -0.39 is 5.97 Å².